The van der Waals surface area contributed by atoms with Gasteiger partial charge in [-0.05, 0) is 60.0 Å². The number of rotatable bonds is 2. The second-order valence-electron chi connectivity index (χ2n) is 8.69. The second-order valence-corrected chi connectivity index (χ2v) is 8.69. The summed E-state index contributed by atoms with van der Waals surface area (Å²) >= 11 is 0. The quantitative estimate of drug-likeness (QED) is 0.239. The van der Waals surface area contributed by atoms with Crippen LogP contribution in [0.1, 0.15) is 42.0 Å². The third-order valence-corrected chi connectivity index (χ3v) is 6.44. The van der Waals surface area contributed by atoms with E-state index >= 15 is 0 Å². The molecule has 0 aliphatic carbocycles. The lowest BCUT2D eigenvalue weighted by molar-refractivity contribution is -0.633. The molecule has 0 saturated carbocycles. The fourth-order valence-corrected chi connectivity index (χ4v) is 4.67. The molecule has 5 rings (SSSR count). The molecule has 3 aromatic carbocycles. The molecule has 0 saturated heterocycles. The van der Waals surface area contributed by atoms with E-state index in [2.05, 4.69) is 86.6 Å². The van der Waals surface area contributed by atoms with Gasteiger partial charge in [0.2, 0.25) is 12.1 Å². The number of fused-ring (bicyclic) bond motifs is 3. The highest BCUT2D eigenvalue weighted by Gasteiger charge is 2.32. The molecule has 0 spiro atoms. The lowest BCUT2D eigenvalue weighted by Crippen LogP contribution is -2.33. The zero-order valence-electron chi connectivity index (χ0n) is 18.1. The molecule has 1 aliphatic heterocycles. The van der Waals surface area contributed by atoms with Gasteiger partial charge in [-0.15, -0.1) is 0 Å². The van der Waals surface area contributed by atoms with Gasteiger partial charge >= 0.3 is 0 Å². The molecule has 3 nitrogen and oxygen atoms in total. The third-order valence-electron chi connectivity index (χ3n) is 6.44. The van der Waals surface area contributed by atoms with Gasteiger partial charge in [0.1, 0.15) is 12.8 Å². The van der Waals surface area contributed by atoms with Crippen LogP contribution in [0.2, 0.25) is 0 Å². The first-order valence-electron chi connectivity index (χ1n) is 10.4. The highest BCUT2D eigenvalue weighted by molar-refractivity contribution is 6.05. The van der Waals surface area contributed by atoms with Gasteiger partial charge in [-0.25, -0.2) is 6.57 Å². The molecule has 0 unspecified atom stereocenters. The van der Waals surface area contributed by atoms with Crippen LogP contribution in [-0.4, -0.2) is 0 Å². The Balaban J connectivity index is 1.89. The van der Waals surface area contributed by atoms with Crippen molar-refractivity contribution in [3.05, 3.63) is 76.1 Å². The van der Waals surface area contributed by atoms with Gasteiger partial charge in [0.05, 0.1) is 10.9 Å². The van der Waals surface area contributed by atoms with E-state index in [1.807, 2.05) is 0 Å². The molecule has 30 heavy (non-hydrogen) atoms. The minimum absolute atomic E-state index is 0.399. The van der Waals surface area contributed by atoms with Crippen molar-refractivity contribution in [3.63, 3.8) is 0 Å². The topological polar surface area (TPSA) is 17.5 Å². The van der Waals surface area contributed by atoms with Crippen LogP contribution in [0.5, 0.6) is 11.5 Å². The predicted molar refractivity (Wildman–Crippen MR) is 122 cm³/mol. The van der Waals surface area contributed by atoms with E-state index in [9.17, 15) is 0 Å². The van der Waals surface area contributed by atoms with Gasteiger partial charge in [0.25, 0.3) is 5.69 Å². The normalized spacial score (nSPS) is 12.2. The van der Waals surface area contributed by atoms with Crippen molar-refractivity contribution in [3.8, 4) is 22.8 Å². The van der Waals surface area contributed by atoms with Crippen molar-refractivity contribution < 1.29 is 9.30 Å². The number of aromatic nitrogens is 1. The predicted octanol–water partition coefficient (Wildman–Crippen LogP) is 6.75. The monoisotopic (exact) mass is 393 g/mol. The first-order chi connectivity index (χ1) is 14.4. The van der Waals surface area contributed by atoms with Crippen LogP contribution in [0.15, 0.2) is 42.5 Å². The Hall–Kier alpha value is -3.38. The molecule has 2 heterocycles. The standard InChI is InChI=1S/C27H25N2O/c1-15(2)19-11-21-9-16(3)17(4)25-26(21)23(12-19)30-24-13-20-10-18(14-28-5)7-8-22(20)29(6)27(24)25/h7-13,15H,14H2,1-4,6H3/q+1. The first kappa shape index (κ1) is 18.6. The van der Waals surface area contributed by atoms with Gasteiger partial charge in [-0.2, -0.15) is 4.57 Å². The Kier molecular flexibility index (Phi) is 4.08. The highest BCUT2D eigenvalue weighted by Crippen LogP contribution is 2.48. The van der Waals surface area contributed by atoms with Crippen molar-refractivity contribution in [2.45, 2.75) is 40.2 Å². The summed E-state index contributed by atoms with van der Waals surface area (Å²) in [4.78, 5) is 3.54. The maximum atomic E-state index is 7.18. The Morgan fingerprint density at radius 1 is 1.00 bits per heavy atom. The molecule has 1 aliphatic rings. The third kappa shape index (κ3) is 2.60. The number of pyridine rings is 1. The maximum absolute atomic E-state index is 7.18. The zero-order chi connectivity index (χ0) is 21.2. The van der Waals surface area contributed by atoms with Gasteiger partial charge in [-0.1, -0.05) is 26.0 Å². The summed E-state index contributed by atoms with van der Waals surface area (Å²) in [6.45, 7) is 16.4. The van der Waals surface area contributed by atoms with Gasteiger partial charge in [-0.3, -0.25) is 0 Å². The van der Waals surface area contributed by atoms with Gasteiger partial charge < -0.3 is 9.58 Å². The lowest BCUT2D eigenvalue weighted by atomic mass is 9.88. The van der Waals surface area contributed by atoms with Crippen LogP contribution >= 0.6 is 0 Å². The molecule has 0 amide bonds. The summed E-state index contributed by atoms with van der Waals surface area (Å²) in [5.74, 6) is 2.26. The van der Waals surface area contributed by atoms with Crippen LogP contribution in [-0.2, 0) is 13.6 Å². The van der Waals surface area contributed by atoms with Crippen molar-refractivity contribution >= 4 is 21.7 Å². The summed E-state index contributed by atoms with van der Waals surface area (Å²) < 4.78 is 8.79. The first-order valence-corrected chi connectivity index (χ1v) is 10.4. The van der Waals surface area contributed by atoms with E-state index in [1.165, 1.54) is 33.0 Å². The Labute approximate surface area is 177 Å². The van der Waals surface area contributed by atoms with Crippen LogP contribution < -0.4 is 9.30 Å². The molecule has 0 atom stereocenters. The molecule has 4 aromatic rings. The van der Waals surface area contributed by atoms with Crippen LogP contribution in [0.25, 0.3) is 37.8 Å². The molecular formula is C27H25N2O+. The summed E-state index contributed by atoms with van der Waals surface area (Å²) in [6.07, 6.45) is 0. The van der Waals surface area contributed by atoms with E-state index < -0.39 is 0 Å². The van der Waals surface area contributed by atoms with E-state index in [1.54, 1.807) is 0 Å². The number of ether oxygens (including phenoxy) is 1. The summed E-state index contributed by atoms with van der Waals surface area (Å²) in [5.41, 5.74) is 8.45. The summed E-state index contributed by atoms with van der Waals surface area (Å²) in [6, 6.07) is 15.2. The molecule has 148 valence electrons. The Morgan fingerprint density at radius 2 is 1.80 bits per heavy atom. The molecule has 1 aromatic heterocycles. The van der Waals surface area contributed by atoms with Crippen LogP contribution in [0, 0.1) is 20.4 Å². The number of aryl methyl sites for hydroxylation is 2. The van der Waals surface area contributed by atoms with Crippen molar-refractivity contribution in [1.82, 2.24) is 0 Å². The minimum Gasteiger partial charge on any atom is -0.450 e. The smallest absolute Gasteiger partial charge is 0.256 e. The number of hydrogen-bond donors (Lipinski definition) is 0. The fraction of sp³-hybridized carbons (Fsp3) is 0.259. The SMILES string of the molecule is [C-]#[N+]Cc1ccc2c(c1)cc1c([n+]2C)-c2c(C)c(C)cc3cc(C(C)C)cc(c23)O1. The Bertz CT molecular complexity index is 1410. The fourth-order valence-electron chi connectivity index (χ4n) is 4.67. The number of benzene rings is 3. The van der Waals surface area contributed by atoms with Crippen molar-refractivity contribution in [2.75, 3.05) is 0 Å². The molecule has 0 fully saturated rings. The van der Waals surface area contributed by atoms with Crippen molar-refractivity contribution in [1.29, 1.82) is 0 Å². The molecule has 3 heteroatoms. The number of hydrogen-bond acceptors (Lipinski definition) is 1. The highest BCUT2D eigenvalue weighted by atomic mass is 16.5. The van der Waals surface area contributed by atoms with Gasteiger partial charge in [0.15, 0.2) is 5.75 Å². The van der Waals surface area contributed by atoms with Gasteiger partial charge in [0, 0.05) is 23.1 Å². The summed E-state index contributed by atoms with van der Waals surface area (Å²) in [5, 5.41) is 3.55. The van der Waals surface area contributed by atoms with E-state index in [0.717, 1.165) is 33.7 Å². The van der Waals surface area contributed by atoms with E-state index in [-0.39, 0.29) is 0 Å². The maximum Gasteiger partial charge on any atom is 0.256 e. The Morgan fingerprint density at radius 3 is 2.53 bits per heavy atom. The van der Waals surface area contributed by atoms with Crippen molar-refractivity contribution in [2.24, 2.45) is 7.05 Å². The molecule has 0 N–H and O–H groups in total. The van der Waals surface area contributed by atoms with E-state index in [0.29, 0.717) is 12.5 Å². The summed E-state index contributed by atoms with van der Waals surface area (Å²) in [7, 11) is 2.11. The van der Waals surface area contributed by atoms with Crippen LogP contribution in [0.4, 0.5) is 0 Å². The van der Waals surface area contributed by atoms with Crippen LogP contribution in [0.3, 0.4) is 0 Å². The zero-order valence-corrected chi connectivity index (χ0v) is 18.1. The average molecular weight is 394 g/mol. The average Bonchev–Trinajstić information content (AvgIpc) is 2.71. The second kappa shape index (κ2) is 6.57. The molecular weight excluding hydrogens is 368 g/mol. The minimum atomic E-state index is 0.399. The molecule has 0 bridgehead atoms. The number of nitrogens with zero attached hydrogens (tertiary/aromatic N) is 2. The van der Waals surface area contributed by atoms with E-state index in [4.69, 9.17) is 11.3 Å². The lowest BCUT2D eigenvalue weighted by Gasteiger charge is -2.23. The molecule has 0 radical (unpaired) electrons. The largest absolute Gasteiger partial charge is 0.450 e.